The van der Waals surface area contributed by atoms with E-state index < -0.39 is 0 Å². The number of β-amino-alcohol motifs (C(OH)–C–C–N with tert-alkyl or cyclic N) is 1. The molecule has 1 heterocycles. The van der Waals surface area contributed by atoms with Gasteiger partial charge in [-0.05, 0) is 18.6 Å². The molecule has 1 atom stereocenters. The second-order valence-corrected chi connectivity index (χ2v) is 6.49. The number of benzene rings is 1. The van der Waals surface area contributed by atoms with Gasteiger partial charge in [0.25, 0.3) is 0 Å². The van der Waals surface area contributed by atoms with Gasteiger partial charge in [0.05, 0.1) is 11.9 Å². The average Bonchev–Trinajstić information content (AvgIpc) is 2.54. The number of carbonyl (C=O) groups is 1. The number of aliphatic hydroxyl groups is 1. The van der Waals surface area contributed by atoms with Crippen LogP contribution in [0.5, 0.6) is 0 Å². The second-order valence-electron chi connectivity index (χ2n) is 5.22. The number of thioether (sulfide) groups is 1. The zero-order chi connectivity index (χ0) is 15.1. The van der Waals surface area contributed by atoms with Crippen LogP contribution in [0.2, 0.25) is 0 Å². The van der Waals surface area contributed by atoms with E-state index >= 15 is 0 Å². The minimum atomic E-state index is -0.00297. The molecule has 4 nitrogen and oxygen atoms in total. The molecular weight excluding hydrogens is 284 g/mol. The first-order valence-corrected chi connectivity index (χ1v) is 8.46. The first kappa shape index (κ1) is 16.3. The molecule has 1 saturated heterocycles. The fourth-order valence-corrected chi connectivity index (χ4v) is 3.57. The SMILES string of the molecule is CCC(Sc1ccccc1)C(=O)N1CCN(CCO)CC1. The van der Waals surface area contributed by atoms with Crippen molar-refractivity contribution in [2.75, 3.05) is 39.3 Å². The van der Waals surface area contributed by atoms with Gasteiger partial charge >= 0.3 is 0 Å². The standard InChI is InChI=1S/C16H24N2O2S/c1-2-15(21-14-6-4-3-5-7-14)16(20)18-10-8-17(9-11-18)12-13-19/h3-7,15,19H,2,8-13H2,1H3. The molecule has 116 valence electrons. The number of hydrogen-bond acceptors (Lipinski definition) is 4. The Morgan fingerprint density at radius 1 is 1.24 bits per heavy atom. The normalized spacial score (nSPS) is 17.7. The lowest BCUT2D eigenvalue weighted by Gasteiger charge is -2.36. The van der Waals surface area contributed by atoms with E-state index in [9.17, 15) is 4.79 Å². The first-order chi connectivity index (χ1) is 10.2. The molecule has 21 heavy (non-hydrogen) atoms. The van der Waals surface area contributed by atoms with Crippen LogP contribution < -0.4 is 0 Å². The van der Waals surface area contributed by atoms with Gasteiger partial charge < -0.3 is 10.0 Å². The van der Waals surface area contributed by atoms with Gasteiger partial charge in [0, 0.05) is 37.6 Å². The van der Waals surface area contributed by atoms with Crippen molar-refractivity contribution in [3.05, 3.63) is 30.3 Å². The van der Waals surface area contributed by atoms with Crippen molar-refractivity contribution in [3.63, 3.8) is 0 Å². The van der Waals surface area contributed by atoms with Crippen molar-refractivity contribution in [3.8, 4) is 0 Å². The monoisotopic (exact) mass is 308 g/mol. The van der Waals surface area contributed by atoms with E-state index in [1.54, 1.807) is 11.8 Å². The summed E-state index contributed by atoms with van der Waals surface area (Å²) in [6.07, 6.45) is 0.843. The van der Waals surface area contributed by atoms with E-state index in [1.165, 1.54) is 0 Å². The smallest absolute Gasteiger partial charge is 0.236 e. The van der Waals surface area contributed by atoms with Crippen molar-refractivity contribution in [1.29, 1.82) is 0 Å². The van der Waals surface area contributed by atoms with E-state index in [-0.39, 0.29) is 17.8 Å². The maximum absolute atomic E-state index is 12.6. The minimum absolute atomic E-state index is 0.00297. The minimum Gasteiger partial charge on any atom is -0.395 e. The van der Waals surface area contributed by atoms with Crippen molar-refractivity contribution in [2.24, 2.45) is 0 Å². The summed E-state index contributed by atoms with van der Waals surface area (Å²) in [6.45, 7) is 6.22. The molecular formula is C16H24N2O2S. The van der Waals surface area contributed by atoms with Crippen LogP contribution in [-0.2, 0) is 4.79 Å². The molecule has 0 saturated carbocycles. The van der Waals surface area contributed by atoms with E-state index in [1.807, 2.05) is 23.1 Å². The highest BCUT2D eigenvalue weighted by atomic mass is 32.2. The number of hydrogen-bond donors (Lipinski definition) is 1. The van der Waals surface area contributed by atoms with Crippen LogP contribution in [0.3, 0.4) is 0 Å². The van der Waals surface area contributed by atoms with Crippen LogP contribution in [0.15, 0.2) is 35.2 Å². The maximum atomic E-state index is 12.6. The Labute approximate surface area is 131 Å². The summed E-state index contributed by atoms with van der Waals surface area (Å²) in [6, 6.07) is 10.1. The van der Waals surface area contributed by atoms with Crippen molar-refractivity contribution < 1.29 is 9.90 Å². The van der Waals surface area contributed by atoms with Crippen LogP contribution in [0.4, 0.5) is 0 Å². The summed E-state index contributed by atoms with van der Waals surface area (Å²) in [4.78, 5) is 18.0. The van der Waals surface area contributed by atoms with Gasteiger partial charge in [-0.1, -0.05) is 25.1 Å². The quantitative estimate of drug-likeness (QED) is 0.812. The number of aliphatic hydroxyl groups excluding tert-OH is 1. The molecule has 1 aromatic rings. The van der Waals surface area contributed by atoms with Crippen molar-refractivity contribution in [2.45, 2.75) is 23.5 Å². The number of carbonyl (C=O) groups excluding carboxylic acids is 1. The van der Waals surface area contributed by atoms with Gasteiger partial charge in [0.15, 0.2) is 0 Å². The van der Waals surface area contributed by atoms with Crippen LogP contribution >= 0.6 is 11.8 Å². The lowest BCUT2D eigenvalue weighted by atomic mass is 10.2. The van der Waals surface area contributed by atoms with Gasteiger partial charge in [-0.25, -0.2) is 0 Å². The molecule has 5 heteroatoms. The van der Waals surface area contributed by atoms with E-state index in [4.69, 9.17) is 5.11 Å². The molecule has 0 radical (unpaired) electrons. The average molecular weight is 308 g/mol. The zero-order valence-electron chi connectivity index (χ0n) is 12.6. The number of piperazine rings is 1. The molecule has 1 aromatic carbocycles. The molecule has 1 aliphatic rings. The van der Waals surface area contributed by atoms with E-state index in [0.717, 1.165) is 37.5 Å². The predicted octanol–water partition coefficient (Wildman–Crippen LogP) is 1.69. The zero-order valence-corrected chi connectivity index (χ0v) is 13.4. The molecule has 1 aliphatic heterocycles. The molecule has 1 unspecified atom stereocenters. The Kier molecular flexibility index (Phi) is 6.54. The molecule has 0 spiro atoms. The molecule has 1 amide bonds. The highest BCUT2D eigenvalue weighted by Crippen LogP contribution is 2.26. The molecule has 2 rings (SSSR count). The Morgan fingerprint density at radius 3 is 2.48 bits per heavy atom. The van der Waals surface area contributed by atoms with Gasteiger partial charge in [-0.3, -0.25) is 9.69 Å². The summed E-state index contributed by atoms with van der Waals surface area (Å²) >= 11 is 1.66. The van der Waals surface area contributed by atoms with Gasteiger partial charge in [-0.2, -0.15) is 0 Å². The fourth-order valence-electron chi connectivity index (χ4n) is 2.51. The van der Waals surface area contributed by atoms with Crippen LogP contribution in [0.1, 0.15) is 13.3 Å². The Hall–Kier alpha value is -1.04. The van der Waals surface area contributed by atoms with E-state index in [0.29, 0.717) is 6.54 Å². The first-order valence-electron chi connectivity index (χ1n) is 7.58. The van der Waals surface area contributed by atoms with Crippen molar-refractivity contribution in [1.82, 2.24) is 9.80 Å². The molecule has 0 bridgehead atoms. The second kappa shape index (κ2) is 8.41. The number of rotatable bonds is 6. The third-order valence-corrected chi connectivity index (χ3v) is 5.13. The summed E-state index contributed by atoms with van der Waals surface area (Å²) in [5.74, 6) is 0.245. The lowest BCUT2D eigenvalue weighted by Crippen LogP contribution is -2.51. The highest BCUT2D eigenvalue weighted by Gasteiger charge is 2.26. The predicted molar refractivity (Wildman–Crippen MR) is 86.5 cm³/mol. The topological polar surface area (TPSA) is 43.8 Å². The number of amides is 1. The lowest BCUT2D eigenvalue weighted by molar-refractivity contribution is -0.132. The number of nitrogens with zero attached hydrogens (tertiary/aromatic N) is 2. The summed E-state index contributed by atoms with van der Waals surface area (Å²) in [5.41, 5.74) is 0. The summed E-state index contributed by atoms with van der Waals surface area (Å²) < 4.78 is 0. The van der Waals surface area contributed by atoms with Crippen LogP contribution in [0.25, 0.3) is 0 Å². The largest absolute Gasteiger partial charge is 0.395 e. The van der Waals surface area contributed by atoms with E-state index in [2.05, 4.69) is 24.0 Å². The molecule has 0 aliphatic carbocycles. The Balaban J connectivity index is 1.89. The van der Waals surface area contributed by atoms with Gasteiger partial charge in [0.2, 0.25) is 5.91 Å². The molecule has 1 fully saturated rings. The fraction of sp³-hybridized carbons (Fsp3) is 0.562. The highest BCUT2D eigenvalue weighted by molar-refractivity contribution is 8.00. The Bertz CT molecular complexity index is 433. The van der Waals surface area contributed by atoms with Crippen molar-refractivity contribution >= 4 is 17.7 Å². The maximum Gasteiger partial charge on any atom is 0.236 e. The van der Waals surface area contributed by atoms with Crippen LogP contribution in [0, 0.1) is 0 Å². The van der Waals surface area contributed by atoms with Gasteiger partial charge in [0.1, 0.15) is 0 Å². The third-order valence-electron chi connectivity index (χ3n) is 3.77. The third kappa shape index (κ3) is 4.73. The summed E-state index contributed by atoms with van der Waals surface area (Å²) in [7, 11) is 0. The molecule has 1 N–H and O–H groups in total. The molecule has 0 aromatic heterocycles. The van der Waals surface area contributed by atoms with Gasteiger partial charge in [-0.15, -0.1) is 11.8 Å². The van der Waals surface area contributed by atoms with Crippen LogP contribution in [-0.4, -0.2) is 65.4 Å². The summed E-state index contributed by atoms with van der Waals surface area (Å²) in [5, 5.41) is 8.96. The Morgan fingerprint density at radius 2 is 1.90 bits per heavy atom.